The Labute approximate surface area is 118 Å². The topological polar surface area (TPSA) is 98.9 Å². The Morgan fingerprint density at radius 3 is 2.35 bits per heavy atom. The maximum absolute atomic E-state index is 12.0. The van der Waals surface area contributed by atoms with Crippen LogP contribution in [-0.4, -0.2) is 29.9 Å². The molecule has 0 aliphatic heterocycles. The highest BCUT2D eigenvalue weighted by Crippen LogP contribution is 2.45. The molecule has 20 heavy (non-hydrogen) atoms. The first-order valence-corrected chi connectivity index (χ1v) is 8.21. The summed E-state index contributed by atoms with van der Waals surface area (Å²) in [6, 6.07) is 5.66. The van der Waals surface area contributed by atoms with Gasteiger partial charge in [0.25, 0.3) is 0 Å². The van der Waals surface area contributed by atoms with E-state index in [9.17, 15) is 9.36 Å². The molecule has 1 aromatic rings. The Balaban J connectivity index is 2.67. The van der Waals surface area contributed by atoms with E-state index in [0.29, 0.717) is 5.75 Å². The predicted molar refractivity (Wildman–Crippen MR) is 76.1 cm³/mol. The van der Waals surface area contributed by atoms with Gasteiger partial charge in [0.1, 0.15) is 11.8 Å². The molecule has 0 fully saturated rings. The summed E-state index contributed by atoms with van der Waals surface area (Å²) in [5.74, 6) is -0.641. The lowest BCUT2D eigenvalue weighted by molar-refractivity contribution is -0.138. The predicted octanol–water partition coefficient (Wildman–Crippen LogP) is 2.27. The van der Waals surface area contributed by atoms with E-state index in [2.05, 4.69) is 0 Å². The van der Waals surface area contributed by atoms with Crippen molar-refractivity contribution in [1.82, 2.24) is 0 Å². The second kappa shape index (κ2) is 6.88. The van der Waals surface area contributed by atoms with E-state index < -0.39 is 19.6 Å². The molecule has 0 saturated heterocycles. The smallest absolute Gasteiger partial charge is 0.376 e. The van der Waals surface area contributed by atoms with E-state index in [0.717, 1.165) is 5.56 Å². The zero-order valence-electron chi connectivity index (χ0n) is 11.8. The van der Waals surface area contributed by atoms with Gasteiger partial charge in [0.2, 0.25) is 0 Å². The van der Waals surface area contributed by atoms with Crippen LogP contribution < -0.4 is 10.3 Å². The second-order valence-electron chi connectivity index (χ2n) is 4.81. The summed E-state index contributed by atoms with van der Waals surface area (Å²) in [6.07, 6.45) is 0.0284. The summed E-state index contributed by atoms with van der Waals surface area (Å²) >= 11 is 0. The van der Waals surface area contributed by atoms with E-state index in [4.69, 9.17) is 19.9 Å². The lowest BCUT2D eigenvalue weighted by atomic mass is 10.1. The Bertz CT molecular complexity index is 500. The number of benzene rings is 1. The molecule has 0 amide bonds. The Morgan fingerprint density at radius 2 is 1.90 bits per heavy atom. The number of carboxylic acid groups (broad SMARTS) is 1. The van der Waals surface area contributed by atoms with E-state index in [-0.39, 0.29) is 12.5 Å². The van der Waals surface area contributed by atoms with Gasteiger partial charge in [-0.05, 0) is 38.0 Å². The molecule has 0 aromatic heterocycles. The van der Waals surface area contributed by atoms with Crippen LogP contribution in [0, 0.1) is 0 Å². The first kappa shape index (κ1) is 16.7. The molecule has 6 nitrogen and oxygen atoms in total. The molecule has 3 N–H and O–H groups in total. The van der Waals surface area contributed by atoms with Crippen LogP contribution in [0.2, 0.25) is 0 Å². The van der Waals surface area contributed by atoms with Gasteiger partial charge in [-0.1, -0.05) is 12.1 Å². The lowest BCUT2D eigenvalue weighted by Crippen LogP contribution is -2.32. The van der Waals surface area contributed by atoms with Gasteiger partial charge in [-0.3, -0.25) is 9.32 Å². The summed E-state index contributed by atoms with van der Waals surface area (Å²) in [5, 5.41) is 8.73. The number of hydrogen-bond acceptors (Lipinski definition) is 5. The van der Waals surface area contributed by atoms with Crippen molar-refractivity contribution >= 4 is 13.6 Å². The number of carboxylic acids is 1. The van der Waals surface area contributed by atoms with Gasteiger partial charge in [0.15, 0.2) is 0 Å². The van der Waals surface area contributed by atoms with Crippen LogP contribution in [0.25, 0.3) is 0 Å². The molecule has 0 aliphatic rings. The summed E-state index contributed by atoms with van der Waals surface area (Å²) in [5.41, 5.74) is 6.21. The maximum Gasteiger partial charge on any atom is 0.376 e. The SMILES string of the molecule is CC(C)OP(C)(=O)Oc1ccc(C[C@H](N)C(=O)O)cc1. The molecule has 1 aromatic carbocycles. The fourth-order valence-electron chi connectivity index (χ4n) is 1.62. The van der Waals surface area contributed by atoms with Gasteiger partial charge in [0, 0.05) is 6.66 Å². The number of hydrogen-bond donors (Lipinski definition) is 2. The zero-order chi connectivity index (χ0) is 15.3. The van der Waals surface area contributed by atoms with Gasteiger partial charge in [-0.25, -0.2) is 4.57 Å². The van der Waals surface area contributed by atoms with Crippen LogP contribution in [0.3, 0.4) is 0 Å². The standard InChI is InChI=1S/C13H20NO5P/c1-9(2)18-20(3,17)19-11-6-4-10(5-7-11)8-12(14)13(15)16/h4-7,9,12H,8,14H2,1-3H3,(H,15,16)/t12-,20?/m0/s1. The highest BCUT2D eigenvalue weighted by Gasteiger charge is 2.20. The van der Waals surface area contributed by atoms with E-state index in [1.165, 1.54) is 6.66 Å². The van der Waals surface area contributed by atoms with Gasteiger partial charge in [-0.15, -0.1) is 0 Å². The molecule has 7 heteroatoms. The molecule has 112 valence electrons. The van der Waals surface area contributed by atoms with Crippen molar-refractivity contribution in [2.75, 3.05) is 6.66 Å². The van der Waals surface area contributed by atoms with Gasteiger partial charge in [0.05, 0.1) is 6.10 Å². The van der Waals surface area contributed by atoms with Crippen molar-refractivity contribution in [2.24, 2.45) is 5.73 Å². The Hall–Kier alpha value is -1.36. The third-order valence-corrected chi connectivity index (χ3v) is 3.72. The largest absolute Gasteiger partial charge is 0.480 e. The Kier molecular flexibility index (Phi) is 5.74. The second-order valence-corrected chi connectivity index (χ2v) is 6.75. The highest BCUT2D eigenvalue weighted by atomic mass is 31.2. The molecular formula is C13H20NO5P. The van der Waals surface area contributed by atoms with E-state index >= 15 is 0 Å². The third kappa shape index (κ3) is 5.74. The summed E-state index contributed by atoms with van der Waals surface area (Å²) in [7, 11) is -3.15. The van der Waals surface area contributed by atoms with Crippen LogP contribution in [0.4, 0.5) is 0 Å². The van der Waals surface area contributed by atoms with Crippen molar-refractivity contribution in [2.45, 2.75) is 32.4 Å². The lowest BCUT2D eigenvalue weighted by Gasteiger charge is -2.17. The van der Waals surface area contributed by atoms with Crippen molar-refractivity contribution in [1.29, 1.82) is 0 Å². The minimum absolute atomic E-state index is 0.196. The average molecular weight is 301 g/mol. The number of nitrogens with two attached hydrogens (primary N) is 1. The Morgan fingerprint density at radius 1 is 1.35 bits per heavy atom. The van der Waals surface area contributed by atoms with Gasteiger partial charge >= 0.3 is 13.6 Å². The fourth-order valence-corrected chi connectivity index (χ4v) is 2.94. The van der Waals surface area contributed by atoms with Crippen LogP contribution in [0.1, 0.15) is 19.4 Å². The van der Waals surface area contributed by atoms with E-state index in [1.54, 1.807) is 38.1 Å². The third-order valence-electron chi connectivity index (χ3n) is 2.37. The molecular weight excluding hydrogens is 281 g/mol. The van der Waals surface area contributed by atoms with Crippen LogP contribution in [0.15, 0.2) is 24.3 Å². The zero-order valence-corrected chi connectivity index (χ0v) is 12.7. The first-order valence-electron chi connectivity index (χ1n) is 6.22. The van der Waals surface area contributed by atoms with Crippen molar-refractivity contribution < 1.29 is 23.5 Å². The fraction of sp³-hybridized carbons (Fsp3) is 0.462. The minimum Gasteiger partial charge on any atom is -0.480 e. The monoisotopic (exact) mass is 301 g/mol. The molecule has 0 heterocycles. The molecule has 0 bridgehead atoms. The van der Waals surface area contributed by atoms with Crippen LogP contribution in [0.5, 0.6) is 5.75 Å². The number of aliphatic carboxylic acids is 1. The number of rotatable bonds is 7. The molecule has 0 radical (unpaired) electrons. The molecule has 0 spiro atoms. The van der Waals surface area contributed by atoms with Gasteiger partial charge in [-0.2, -0.15) is 0 Å². The highest BCUT2D eigenvalue weighted by molar-refractivity contribution is 7.53. The molecule has 0 saturated carbocycles. The van der Waals surface area contributed by atoms with Gasteiger partial charge < -0.3 is 15.4 Å². The summed E-state index contributed by atoms with van der Waals surface area (Å²) in [6.45, 7) is 4.95. The van der Waals surface area contributed by atoms with Crippen molar-refractivity contribution in [3.63, 3.8) is 0 Å². The molecule has 0 aliphatic carbocycles. The molecule has 1 rings (SSSR count). The van der Waals surface area contributed by atoms with Crippen LogP contribution >= 0.6 is 7.60 Å². The number of carbonyl (C=O) groups is 1. The summed E-state index contributed by atoms with van der Waals surface area (Å²) in [4.78, 5) is 10.7. The molecule has 1 unspecified atom stereocenters. The van der Waals surface area contributed by atoms with Crippen molar-refractivity contribution in [3.8, 4) is 5.75 Å². The minimum atomic E-state index is -3.15. The van der Waals surface area contributed by atoms with E-state index in [1.807, 2.05) is 0 Å². The first-order chi connectivity index (χ1) is 9.19. The van der Waals surface area contributed by atoms with Crippen molar-refractivity contribution in [3.05, 3.63) is 29.8 Å². The quantitative estimate of drug-likeness (QED) is 0.749. The molecule has 2 atom stereocenters. The normalized spacial score (nSPS) is 15.7. The maximum atomic E-state index is 12.0. The average Bonchev–Trinajstić information content (AvgIpc) is 2.29. The summed E-state index contributed by atoms with van der Waals surface area (Å²) < 4.78 is 22.5. The van der Waals surface area contributed by atoms with Crippen LogP contribution in [-0.2, 0) is 20.3 Å².